The number of H-pyrrole nitrogens is 1. The smallest absolute Gasteiger partial charge is 0.331 e. The molecule has 0 bridgehead atoms. The highest BCUT2D eigenvalue weighted by Gasteiger charge is 2.13. The van der Waals surface area contributed by atoms with Gasteiger partial charge >= 0.3 is 5.97 Å². The SMILES string of the molecule is CC(C)(C)OC(=O)C=Cc1ccc(Cc2ncc(-c3ccccc3)[nH]2)cc1. The Labute approximate surface area is 159 Å². The Morgan fingerprint density at radius 1 is 1.07 bits per heavy atom. The largest absolute Gasteiger partial charge is 0.457 e. The number of carbonyl (C=O) groups is 1. The van der Waals surface area contributed by atoms with Crippen molar-refractivity contribution in [1.29, 1.82) is 0 Å². The molecule has 0 saturated heterocycles. The van der Waals surface area contributed by atoms with Crippen molar-refractivity contribution in [2.75, 3.05) is 0 Å². The molecular formula is C23H24N2O2. The maximum atomic E-state index is 11.7. The number of benzene rings is 2. The number of nitrogens with zero attached hydrogens (tertiary/aromatic N) is 1. The zero-order valence-corrected chi connectivity index (χ0v) is 15.9. The van der Waals surface area contributed by atoms with Crippen LogP contribution >= 0.6 is 0 Å². The van der Waals surface area contributed by atoms with Crippen LogP contribution in [0.2, 0.25) is 0 Å². The van der Waals surface area contributed by atoms with Gasteiger partial charge in [0.2, 0.25) is 0 Å². The molecule has 0 aliphatic rings. The number of esters is 1. The lowest BCUT2D eigenvalue weighted by molar-refractivity contribution is -0.148. The molecule has 0 atom stereocenters. The Bertz CT molecular complexity index is 917. The van der Waals surface area contributed by atoms with Gasteiger partial charge in [0.15, 0.2) is 0 Å². The normalized spacial score (nSPS) is 11.7. The Kier molecular flexibility index (Phi) is 5.55. The fraction of sp³-hybridized carbons (Fsp3) is 0.217. The summed E-state index contributed by atoms with van der Waals surface area (Å²) in [5.74, 6) is 0.585. The first-order chi connectivity index (χ1) is 12.9. The van der Waals surface area contributed by atoms with Crippen molar-refractivity contribution in [2.24, 2.45) is 0 Å². The number of aromatic amines is 1. The van der Waals surface area contributed by atoms with Crippen LogP contribution in [0, 0.1) is 0 Å². The summed E-state index contributed by atoms with van der Waals surface area (Å²) in [6, 6.07) is 18.2. The number of rotatable bonds is 5. The molecule has 27 heavy (non-hydrogen) atoms. The van der Waals surface area contributed by atoms with Gasteiger partial charge < -0.3 is 9.72 Å². The maximum absolute atomic E-state index is 11.7. The minimum absolute atomic E-state index is 0.337. The third-order valence-electron chi connectivity index (χ3n) is 3.88. The number of ether oxygens (including phenoxy) is 1. The lowest BCUT2D eigenvalue weighted by atomic mass is 10.1. The highest BCUT2D eigenvalue weighted by atomic mass is 16.6. The fourth-order valence-corrected chi connectivity index (χ4v) is 2.66. The molecule has 4 nitrogen and oxygen atoms in total. The minimum atomic E-state index is -0.479. The van der Waals surface area contributed by atoms with Gasteiger partial charge in [-0.15, -0.1) is 0 Å². The lowest BCUT2D eigenvalue weighted by Crippen LogP contribution is -2.22. The van der Waals surface area contributed by atoms with E-state index in [1.54, 1.807) is 6.08 Å². The van der Waals surface area contributed by atoms with Crippen molar-refractivity contribution >= 4 is 12.0 Å². The van der Waals surface area contributed by atoms with Crippen molar-refractivity contribution in [3.8, 4) is 11.3 Å². The third kappa shape index (κ3) is 5.68. The van der Waals surface area contributed by atoms with Crippen LogP contribution < -0.4 is 0 Å². The first-order valence-electron chi connectivity index (χ1n) is 8.98. The van der Waals surface area contributed by atoms with Crippen LogP contribution in [0.25, 0.3) is 17.3 Å². The molecule has 1 heterocycles. The average Bonchev–Trinajstić information content (AvgIpc) is 3.09. The molecule has 0 spiro atoms. The highest BCUT2D eigenvalue weighted by molar-refractivity contribution is 5.87. The summed E-state index contributed by atoms with van der Waals surface area (Å²) in [6.07, 6.45) is 5.81. The molecule has 2 aromatic carbocycles. The van der Waals surface area contributed by atoms with E-state index in [2.05, 4.69) is 22.1 Å². The predicted octanol–water partition coefficient (Wildman–Crippen LogP) is 5.02. The Hall–Kier alpha value is -3.14. The quantitative estimate of drug-likeness (QED) is 0.513. The van der Waals surface area contributed by atoms with Crippen molar-refractivity contribution in [3.05, 3.63) is 83.8 Å². The van der Waals surface area contributed by atoms with E-state index in [4.69, 9.17) is 4.74 Å². The predicted molar refractivity (Wildman–Crippen MR) is 108 cm³/mol. The number of carbonyl (C=O) groups excluding carboxylic acids is 1. The molecule has 0 saturated carbocycles. The maximum Gasteiger partial charge on any atom is 0.331 e. The molecule has 3 rings (SSSR count). The van der Waals surface area contributed by atoms with Crippen LogP contribution in [-0.2, 0) is 16.0 Å². The van der Waals surface area contributed by atoms with Gasteiger partial charge in [-0.3, -0.25) is 0 Å². The molecule has 0 amide bonds. The van der Waals surface area contributed by atoms with Crippen LogP contribution in [-0.4, -0.2) is 21.5 Å². The van der Waals surface area contributed by atoms with Crippen LogP contribution in [0.1, 0.15) is 37.7 Å². The summed E-state index contributed by atoms with van der Waals surface area (Å²) >= 11 is 0. The average molecular weight is 360 g/mol. The summed E-state index contributed by atoms with van der Waals surface area (Å²) in [7, 11) is 0. The van der Waals surface area contributed by atoms with Gasteiger partial charge in [0.1, 0.15) is 11.4 Å². The summed E-state index contributed by atoms with van der Waals surface area (Å²) in [5.41, 5.74) is 3.77. The van der Waals surface area contributed by atoms with E-state index in [9.17, 15) is 4.79 Å². The molecule has 1 N–H and O–H groups in total. The Morgan fingerprint density at radius 2 is 1.78 bits per heavy atom. The lowest BCUT2D eigenvalue weighted by Gasteiger charge is -2.17. The van der Waals surface area contributed by atoms with Crippen molar-refractivity contribution in [1.82, 2.24) is 9.97 Å². The van der Waals surface area contributed by atoms with E-state index in [-0.39, 0.29) is 5.97 Å². The monoisotopic (exact) mass is 360 g/mol. The number of aromatic nitrogens is 2. The first kappa shape index (κ1) is 18.6. The van der Waals surface area contributed by atoms with Crippen LogP contribution in [0.4, 0.5) is 0 Å². The molecule has 1 aromatic heterocycles. The van der Waals surface area contributed by atoms with Crippen molar-refractivity contribution in [2.45, 2.75) is 32.8 Å². The summed E-state index contributed by atoms with van der Waals surface area (Å²) in [6.45, 7) is 5.56. The van der Waals surface area contributed by atoms with Crippen LogP contribution in [0.15, 0.2) is 66.9 Å². The molecule has 0 radical (unpaired) electrons. The molecular weight excluding hydrogens is 336 g/mol. The molecule has 0 unspecified atom stereocenters. The minimum Gasteiger partial charge on any atom is -0.457 e. The van der Waals surface area contributed by atoms with Gasteiger partial charge in [-0.25, -0.2) is 9.78 Å². The Morgan fingerprint density at radius 3 is 2.44 bits per heavy atom. The molecule has 138 valence electrons. The van der Waals surface area contributed by atoms with Crippen LogP contribution in [0.3, 0.4) is 0 Å². The molecule has 4 heteroatoms. The number of imidazole rings is 1. The Balaban J connectivity index is 1.61. The van der Waals surface area contributed by atoms with Gasteiger partial charge in [0.05, 0.1) is 11.9 Å². The number of nitrogens with one attached hydrogen (secondary N) is 1. The molecule has 0 aliphatic carbocycles. The zero-order valence-electron chi connectivity index (χ0n) is 15.9. The van der Waals surface area contributed by atoms with Gasteiger partial charge in [0, 0.05) is 12.5 Å². The fourth-order valence-electron chi connectivity index (χ4n) is 2.66. The second kappa shape index (κ2) is 8.04. The zero-order chi connectivity index (χ0) is 19.3. The second-order valence-corrected chi connectivity index (χ2v) is 7.39. The highest BCUT2D eigenvalue weighted by Crippen LogP contribution is 2.18. The van der Waals surface area contributed by atoms with E-state index < -0.39 is 5.60 Å². The van der Waals surface area contributed by atoms with E-state index in [1.165, 1.54) is 6.08 Å². The van der Waals surface area contributed by atoms with Crippen molar-refractivity contribution in [3.63, 3.8) is 0 Å². The molecule has 0 fully saturated rings. The molecule has 0 aliphatic heterocycles. The number of hydrogen-bond donors (Lipinski definition) is 1. The summed E-state index contributed by atoms with van der Waals surface area (Å²) < 4.78 is 5.26. The van der Waals surface area contributed by atoms with E-state index >= 15 is 0 Å². The first-order valence-corrected chi connectivity index (χ1v) is 8.98. The van der Waals surface area contributed by atoms with Gasteiger partial charge in [-0.2, -0.15) is 0 Å². The van der Waals surface area contributed by atoms with Gasteiger partial charge in [0.25, 0.3) is 0 Å². The standard InChI is InChI=1S/C23H24N2O2/c1-23(2,3)27-22(26)14-13-17-9-11-18(12-10-17)15-21-24-16-20(25-21)19-7-5-4-6-8-19/h4-14,16H,15H2,1-3H3,(H,24,25). The van der Waals surface area contributed by atoms with E-state index in [0.29, 0.717) is 0 Å². The van der Waals surface area contributed by atoms with E-state index in [0.717, 1.165) is 34.6 Å². The number of hydrogen-bond acceptors (Lipinski definition) is 3. The molecule has 3 aromatic rings. The van der Waals surface area contributed by atoms with Gasteiger partial charge in [-0.05, 0) is 43.5 Å². The summed E-state index contributed by atoms with van der Waals surface area (Å²) in [4.78, 5) is 19.6. The third-order valence-corrected chi connectivity index (χ3v) is 3.88. The van der Waals surface area contributed by atoms with Crippen molar-refractivity contribution < 1.29 is 9.53 Å². The van der Waals surface area contributed by atoms with E-state index in [1.807, 2.05) is 69.4 Å². The topological polar surface area (TPSA) is 55.0 Å². The van der Waals surface area contributed by atoms with Crippen LogP contribution in [0.5, 0.6) is 0 Å². The van der Waals surface area contributed by atoms with Gasteiger partial charge in [-0.1, -0.05) is 54.6 Å². The summed E-state index contributed by atoms with van der Waals surface area (Å²) in [5, 5.41) is 0. The second-order valence-electron chi connectivity index (χ2n) is 7.39.